The van der Waals surface area contributed by atoms with Gasteiger partial charge in [0, 0.05) is 5.92 Å². The predicted octanol–water partition coefficient (Wildman–Crippen LogP) is 1.54. The lowest BCUT2D eigenvalue weighted by Crippen LogP contribution is -2.15. The molecule has 11 heavy (non-hydrogen) atoms. The van der Waals surface area contributed by atoms with E-state index in [1.165, 1.54) is 0 Å². The Labute approximate surface area is 67.9 Å². The lowest BCUT2D eigenvalue weighted by Gasteiger charge is -2.11. The van der Waals surface area contributed by atoms with Crippen molar-refractivity contribution in [2.24, 2.45) is 5.92 Å². The molecule has 0 fully saturated rings. The van der Waals surface area contributed by atoms with Crippen LogP contribution < -0.4 is 0 Å². The minimum atomic E-state index is -0.816. The van der Waals surface area contributed by atoms with E-state index in [0.717, 1.165) is 0 Å². The fourth-order valence-electron chi connectivity index (χ4n) is 0.515. The van der Waals surface area contributed by atoms with Gasteiger partial charge in [-0.25, -0.2) is 0 Å². The maximum atomic E-state index is 10.7. The Morgan fingerprint density at radius 2 is 2.00 bits per heavy atom. The molecule has 1 unspecified atom stereocenters. The number of ketones is 1. The highest BCUT2D eigenvalue weighted by molar-refractivity contribution is 5.79. The van der Waals surface area contributed by atoms with Crippen LogP contribution >= 0.6 is 0 Å². The van der Waals surface area contributed by atoms with Gasteiger partial charge in [0.05, 0.1) is 5.60 Å². The first kappa shape index (κ1) is 10.4. The summed E-state index contributed by atoms with van der Waals surface area (Å²) < 4.78 is 0. The van der Waals surface area contributed by atoms with Crippen LogP contribution in [0.5, 0.6) is 0 Å². The fourth-order valence-corrected chi connectivity index (χ4v) is 0.515. The Hall–Kier alpha value is -0.630. The van der Waals surface area contributed by atoms with Crippen molar-refractivity contribution in [2.75, 3.05) is 0 Å². The molecule has 0 saturated heterocycles. The highest BCUT2D eigenvalue weighted by Gasteiger charge is 2.08. The van der Waals surface area contributed by atoms with Crippen molar-refractivity contribution < 1.29 is 9.90 Å². The maximum Gasteiger partial charge on any atom is 0.136 e. The first-order valence-electron chi connectivity index (χ1n) is 3.75. The van der Waals surface area contributed by atoms with Crippen molar-refractivity contribution >= 4 is 5.78 Å². The second-order valence-corrected chi connectivity index (χ2v) is 3.41. The van der Waals surface area contributed by atoms with Gasteiger partial charge in [-0.05, 0) is 20.8 Å². The summed E-state index contributed by atoms with van der Waals surface area (Å²) >= 11 is 0. The van der Waals surface area contributed by atoms with Gasteiger partial charge in [-0.3, -0.25) is 4.79 Å². The third kappa shape index (κ3) is 5.80. The second-order valence-electron chi connectivity index (χ2n) is 3.41. The van der Waals surface area contributed by atoms with Crippen LogP contribution in [0.3, 0.4) is 0 Å². The monoisotopic (exact) mass is 156 g/mol. The topological polar surface area (TPSA) is 37.3 Å². The minimum Gasteiger partial charge on any atom is -0.386 e. The number of aliphatic hydroxyl groups is 1. The third-order valence-corrected chi connectivity index (χ3v) is 1.43. The number of carbonyl (C=O) groups excluding carboxylic acids is 1. The van der Waals surface area contributed by atoms with Crippen LogP contribution in [0.4, 0.5) is 0 Å². The summed E-state index contributed by atoms with van der Waals surface area (Å²) in [6.07, 6.45) is 3.36. The summed E-state index contributed by atoms with van der Waals surface area (Å²) in [5, 5.41) is 9.25. The molecule has 0 aromatic carbocycles. The van der Waals surface area contributed by atoms with Crippen molar-refractivity contribution in [3.63, 3.8) is 0 Å². The van der Waals surface area contributed by atoms with Gasteiger partial charge in [-0.1, -0.05) is 19.1 Å². The van der Waals surface area contributed by atoms with Gasteiger partial charge in [0.15, 0.2) is 0 Å². The van der Waals surface area contributed by atoms with Crippen molar-refractivity contribution in [3.8, 4) is 0 Å². The summed E-state index contributed by atoms with van der Waals surface area (Å²) in [4.78, 5) is 10.7. The standard InChI is InChI=1S/C9H16O2/c1-7(8(2)10)5-6-9(3,4)11/h5-7,11H,1-4H3/b6-5+. The van der Waals surface area contributed by atoms with Crippen LogP contribution in [-0.4, -0.2) is 16.5 Å². The average molecular weight is 156 g/mol. The van der Waals surface area contributed by atoms with Crippen LogP contribution in [-0.2, 0) is 4.79 Å². The van der Waals surface area contributed by atoms with Crippen LogP contribution in [0.15, 0.2) is 12.2 Å². The van der Waals surface area contributed by atoms with E-state index >= 15 is 0 Å². The number of Topliss-reactive ketones (excluding diaryl/α,β-unsaturated/α-hetero) is 1. The SMILES string of the molecule is CC(=O)C(C)/C=C/C(C)(C)O. The smallest absolute Gasteiger partial charge is 0.136 e. The Morgan fingerprint density at radius 3 is 2.27 bits per heavy atom. The van der Waals surface area contributed by atoms with Crippen molar-refractivity contribution in [1.82, 2.24) is 0 Å². The van der Waals surface area contributed by atoms with E-state index in [0.29, 0.717) is 0 Å². The van der Waals surface area contributed by atoms with Gasteiger partial charge in [-0.2, -0.15) is 0 Å². The van der Waals surface area contributed by atoms with E-state index in [4.69, 9.17) is 0 Å². The number of allylic oxidation sites excluding steroid dienone is 1. The summed E-state index contributed by atoms with van der Waals surface area (Å²) in [5.41, 5.74) is -0.816. The van der Waals surface area contributed by atoms with E-state index in [1.54, 1.807) is 32.9 Å². The summed E-state index contributed by atoms with van der Waals surface area (Å²) in [6, 6.07) is 0. The molecular formula is C9H16O2. The lowest BCUT2D eigenvalue weighted by atomic mass is 10.0. The van der Waals surface area contributed by atoms with Crippen molar-refractivity contribution in [3.05, 3.63) is 12.2 Å². The lowest BCUT2D eigenvalue weighted by molar-refractivity contribution is -0.118. The molecule has 0 aromatic rings. The van der Waals surface area contributed by atoms with Crippen LogP contribution in [0.25, 0.3) is 0 Å². The molecule has 0 amide bonds. The Morgan fingerprint density at radius 1 is 1.55 bits per heavy atom. The Balaban J connectivity index is 4.04. The van der Waals surface area contributed by atoms with Gasteiger partial charge >= 0.3 is 0 Å². The largest absolute Gasteiger partial charge is 0.386 e. The minimum absolute atomic E-state index is 0.0959. The zero-order valence-corrected chi connectivity index (χ0v) is 7.59. The molecule has 64 valence electrons. The van der Waals surface area contributed by atoms with Crippen molar-refractivity contribution in [1.29, 1.82) is 0 Å². The molecule has 2 heteroatoms. The van der Waals surface area contributed by atoms with E-state index in [2.05, 4.69) is 0 Å². The zero-order chi connectivity index (χ0) is 9.07. The van der Waals surface area contributed by atoms with Crippen molar-refractivity contribution in [2.45, 2.75) is 33.3 Å². The third-order valence-electron chi connectivity index (χ3n) is 1.43. The molecule has 0 bridgehead atoms. The van der Waals surface area contributed by atoms with E-state index in [-0.39, 0.29) is 11.7 Å². The van der Waals surface area contributed by atoms with Gasteiger partial charge in [0.2, 0.25) is 0 Å². The maximum absolute atomic E-state index is 10.7. The first-order chi connectivity index (χ1) is 4.83. The highest BCUT2D eigenvalue weighted by Crippen LogP contribution is 2.06. The van der Waals surface area contributed by atoms with Gasteiger partial charge in [0.1, 0.15) is 5.78 Å². The second kappa shape index (κ2) is 3.67. The normalized spacial score (nSPS) is 15.4. The zero-order valence-electron chi connectivity index (χ0n) is 7.59. The number of hydrogen-bond donors (Lipinski definition) is 1. The quantitative estimate of drug-likeness (QED) is 0.629. The van der Waals surface area contributed by atoms with Crippen LogP contribution in [0, 0.1) is 5.92 Å². The molecule has 0 aliphatic rings. The summed E-state index contributed by atoms with van der Waals surface area (Å²) in [6.45, 7) is 6.71. The number of rotatable bonds is 3. The average Bonchev–Trinajstić information content (AvgIpc) is 1.80. The molecular weight excluding hydrogens is 140 g/mol. The Kier molecular flexibility index (Phi) is 3.46. The van der Waals surface area contributed by atoms with Gasteiger partial charge in [0.25, 0.3) is 0 Å². The number of hydrogen-bond acceptors (Lipinski definition) is 2. The Bertz CT molecular complexity index is 163. The molecule has 0 spiro atoms. The van der Waals surface area contributed by atoms with Crippen LogP contribution in [0.2, 0.25) is 0 Å². The van der Waals surface area contributed by atoms with Crippen LogP contribution in [0.1, 0.15) is 27.7 Å². The summed E-state index contributed by atoms with van der Waals surface area (Å²) in [7, 11) is 0. The fraction of sp³-hybridized carbons (Fsp3) is 0.667. The summed E-state index contributed by atoms with van der Waals surface area (Å²) in [5.74, 6) is 0.0203. The molecule has 1 N–H and O–H groups in total. The van der Waals surface area contributed by atoms with Gasteiger partial charge < -0.3 is 5.11 Å². The van der Waals surface area contributed by atoms with E-state index < -0.39 is 5.60 Å². The molecule has 2 nitrogen and oxygen atoms in total. The first-order valence-corrected chi connectivity index (χ1v) is 3.75. The predicted molar refractivity (Wildman–Crippen MR) is 45.3 cm³/mol. The molecule has 0 aliphatic heterocycles. The molecule has 0 rings (SSSR count). The molecule has 0 saturated carbocycles. The molecule has 0 heterocycles. The molecule has 0 radical (unpaired) electrons. The molecule has 0 aromatic heterocycles. The molecule has 1 atom stereocenters. The van der Waals surface area contributed by atoms with E-state index in [9.17, 15) is 9.90 Å². The highest BCUT2D eigenvalue weighted by atomic mass is 16.3. The van der Waals surface area contributed by atoms with Gasteiger partial charge in [-0.15, -0.1) is 0 Å². The number of carbonyl (C=O) groups is 1. The van der Waals surface area contributed by atoms with E-state index in [1.807, 2.05) is 6.92 Å². The molecule has 0 aliphatic carbocycles.